The second-order valence-corrected chi connectivity index (χ2v) is 3.61. The summed E-state index contributed by atoms with van der Waals surface area (Å²) in [4.78, 5) is 11.2. The number of hydrogen-bond donors (Lipinski definition) is 1. The molecule has 0 heterocycles. The topological polar surface area (TPSA) is 52.3 Å². The maximum Gasteiger partial charge on any atom is 0.305 e. The Morgan fingerprint density at radius 2 is 2.07 bits per heavy atom. The molecule has 0 aromatic rings. The zero-order chi connectivity index (χ0) is 10.8. The summed E-state index contributed by atoms with van der Waals surface area (Å²) in [5.74, 6) is 0.511. The van der Waals surface area contributed by atoms with E-state index in [1.54, 1.807) is 0 Å². The molecule has 0 aliphatic rings. The van der Waals surface area contributed by atoms with Crippen LogP contribution in [0.5, 0.6) is 0 Å². The van der Waals surface area contributed by atoms with Gasteiger partial charge in [0.05, 0.1) is 6.61 Å². The molecule has 0 radical (unpaired) electrons. The highest BCUT2D eigenvalue weighted by molar-refractivity contribution is 5.69. The molecule has 0 rings (SSSR count). The second kappa shape index (κ2) is 9.00. The van der Waals surface area contributed by atoms with E-state index in [1.807, 2.05) is 6.92 Å². The summed E-state index contributed by atoms with van der Waals surface area (Å²) in [6, 6.07) is 0. The van der Waals surface area contributed by atoms with E-state index in [0.717, 1.165) is 25.7 Å². The lowest BCUT2D eigenvalue weighted by molar-refractivity contribution is -0.144. The Bertz CT molecular complexity index is 148. The first kappa shape index (κ1) is 13.4. The first-order valence-corrected chi connectivity index (χ1v) is 5.60. The van der Waals surface area contributed by atoms with E-state index >= 15 is 0 Å². The van der Waals surface area contributed by atoms with Gasteiger partial charge < -0.3 is 10.5 Å². The molecular weight excluding hydrogens is 178 g/mol. The van der Waals surface area contributed by atoms with Crippen LogP contribution < -0.4 is 5.73 Å². The van der Waals surface area contributed by atoms with Crippen LogP contribution in [-0.4, -0.2) is 19.1 Å². The molecule has 0 saturated carbocycles. The van der Waals surface area contributed by atoms with Crippen molar-refractivity contribution in [1.82, 2.24) is 0 Å². The normalized spacial score (nSPS) is 12.5. The molecule has 0 aliphatic carbocycles. The fourth-order valence-corrected chi connectivity index (χ4v) is 1.40. The standard InChI is InChI=1S/C11H23NO2/c1-3-9-14-11(13)6-5-10(4-2)7-8-12/h10H,3-9,12H2,1-2H3. The van der Waals surface area contributed by atoms with Crippen LogP contribution in [0.15, 0.2) is 0 Å². The van der Waals surface area contributed by atoms with Crippen molar-refractivity contribution in [1.29, 1.82) is 0 Å². The van der Waals surface area contributed by atoms with Gasteiger partial charge in [0.2, 0.25) is 0 Å². The van der Waals surface area contributed by atoms with Crippen LogP contribution in [0.3, 0.4) is 0 Å². The highest BCUT2D eigenvalue weighted by Gasteiger charge is 2.09. The Hall–Kier alpha value is -0.570. The van der Waals surface area contributed by atoms with E-state index in [0.29, 0.717) is 25.5 Å². The highest BCUT2D eigenvalue weighted by atomic mass is 16.5. The lowest BCUT2D eigenvalue weighted by Gasteiger charge is -2.12. The molecule has 84 valence electrons. The van der Waals surface area contributed by atoms with Gasteiger partial charge >= 0.3 is 5.97 Å². The largest absolute Gasteiger partial charge is 0.466 e. The van der Waals surface area contributed by atoms with E-state index in [1.165, 1.54) is 0 Å². The van der Waals surface area contributed by atoms with Crippen molar-refractivity contribution in [3.63, 3.8) is 0 Å². The monoisotopic (exact) mass is 201 g/mol. The molecule has 14 heavy (non-hydrogen) atoms. The molecule has 0 aromatic carbocycles. The van der Waals surface area contributed by atoms with Crippen LogP contribution in [0.4, 0.5) is 0 Å². The highest BCUT2D eigenvalue weighted by Crippen LogP contribution is 2.14. The van der Waals surface area contributed by atoms with E-state index in [2.05, 4.69) is 6.92 Å². The van der Waals surface area contributed by atoms with Crippen LogP contribution >= 0.6 is 0 Å². The summed E-state index contributed by atoms with van der Waals surface area (Å²) in [7, 11) is 0. The summed E-state index contributed by atoms with van der Waals surface area (Å²) in [6.45, 7) is 5.39. The van der Waals surface area contributed by atoms with Crippen LogP contribution in [0.25, 0.3) is 0 Å². The molecule has 1 atom stereocenters. The molecule has 0 amide bonds. The Labute approximate surface area is 87.0 Å². The Balaban J connectivity index is 3.52. The van der Waals surface area contributed by atoms with E-state index in [9.17, 15) is 4.79 Å². The van der Waals surface area contributed by atoms with Crippen molar-refractivity contribution in [3.8, 4) is 0 Å². The summed E-state index contributed by atoms with van der Waals surface area (Å²) in [5, 5.41) is 0. The van der Waals surface area contributed by atoms with Gasteiger partial charge in [-0.05, 0) is 31.7 Å². The van der Waals surface area contributed by atoms with Gasteiger partial charge in [-0.15, -0.1) is 0 Å². The van der Waals surface area contributed by atoms with Gasteiger partial charge in [-0.3, -0.25) is 4.79 Å². The number of nitrogens with two attached hydrogens (primary N) is 1. The fourth-order valence-electron chi connectivity index (χ4n) is 1.40. The van der Waals surface area contributed by atoms with Crippen molar-refractivity contribution in [2.75, 3.05) is 13.2 Å². The van der Waals surface area contributed by atoms with Crippen molar-refractivity contribution in [2.24, 2.45) is 11.7 Å². The van der Waals surface area contributed by atoms with Crippen LogP contribution in [0, 0.1) is 5.92 Å². The lowest BCUT2D eigenvalue weighted by atomic mass is 9.97. The molecule has 3 nitrogen and oxygen atoms in total. The first-order chi connectivity index (χ1) is 6.74. The van der Waals surface area contributed by atoms with E-state index < -0.39 is 0 Å². The van der Waals surface area contributed by atoms with Gasteiger partial charge in [-0.1, -0.05) is 20.3 Å². The Morgan fingerprint density at radius 3 is 2.57 bits per heavy atom. The molecular formula is C11H23NO2. The Kier molecular flexibility index (Phi) is 8.64. The minimum absolute atomic E-state index is 0.0673. The van der Waals surface area contributed by atoms with Crippen molar-refractivity contribution >= 4 is 5.97 Å². The van der Waals surface area contributed by atoms with Crippen LogP contribution in [0.1, 0.15) is 46.0 Å². The average Bonchev–Trinajstić information content (AvgIpc) is 2.21. The third-order valence-corrected chi connectivity index (χ3v) is 2.38. The number of ether oxygens (including phenoxy) is 1. The molecule has 1 unspecified atom stereocenters. The number of rotatable bonds is 8. The molecule has 0 aliphatic heterocycles. The number of carbonyl (C=O) groups excluding carboxylic acids is 1. The molecule has 0 fully saturated rings. The van der Waals surface area contributed by atoms with Crippen LogP contribution in [0.2, 0.25) is 0 Å². The summed E-state index contributed by atoms with van der Waals surface area (Å²) < 4.78 is 4.99. The smallest absolute Gasteiger partial charge is 0.305 e. The summed E-state index contributed by atoms with van der Waals surface area (Å²) >= 11 is 0. The van der Waals surface area contributed by atoms with Gasteiger partial charge in [0, 0.05) is 6.42 Å². The molecule has 0 aromatic heterocycles. The quantitative estimate of drug-likeness (QED) is 0.612. The average molecular weight is 201 g/mol. The van der Waals surface area contributed by atoms with Crippen LogP contribution in [-0.2, 0) is 9.53 Å². The number of carbonyl (C=O) groups is 1. The predicted molar refractivity (Wildman–Crippen MR) is 57.9 cm³/mol. The number of hydrogen-bond acceptors (Lipinski definition) is 3. The molecule has 0 bridgehead atoms. The van der Waals surface area contributed by atoms with Gasteiger partial charge in [0.15, 0.2) is 0 Å². The van der Waals surface area contributed by atoms with Gasteiger partial charge in [-0.2, -0.15) is 0 Å². The summed E-state index contributed by atoms with van der Waals surface area (Å²) in [5.41, 5.74) is 5.48. The maximum absolute atomic E-state index is 11.2. The molecule has 0 saturated heterocycles. The van der Waals surface area contributed by atoms with Gasteiger partial charge in [-0.25, -0.2) is 0 Å². The number of esters is 1. The third kappa shape index (κ3) is 6.89. The minimum Gasteiger partial charge on any atom is -0.466 e. The molecule has 0 spiro atoms. The van der Waals surface area contributed by atoms with Gasteiger partial charge in [0.1, 0.15) is 0 Å². The zero-order valence-electron chi connectivity index (χ0n) is 9.42. The SMILES string of the molecule is CCCOC(=O)CCC(CC)CCN. The summed E-state index contributed by atoms with van der Waals surface area (Å²) in [6.07, 6.45) is 4.45. The lowest BCUT2D eigenvalue weighted by Crippen LogP contribution is -2.11. The first-order valence-electron chi connectivity index (χ1n) is 5.60. The molecule has 3 heteroatoms. The van der Waals surface area contributed by atoms with Crippen molar-refractivity contribution in [3.05, 3.63) is 0 Å². The predicted octanol–water partition coefficient (Wildman–Crippen LogP) is 2.09. The zero-order valence-corrected chi connectivity index (χ0v) is 9.42. The van der Waals surface area contributed by atoms with Crippen molar-refractivity contribution in [2.45, 2.75) is 46.0 Å². The van der Waals surface area contributed by atoms with Gasteiger partial charge in [0.25, 0.3) is 0 Å². The third-order valence-electron chi connectivity index (χ3n) is 2.38. The van der Waals surface area contributed by atoms with Crippen molar-refractivity contribution < 1.29 is 9.53 Å². The molecule has 2 N–H and O–H groups in total. The fraction of sp³-hybridized carbons (Fsp3) is 0.909. The maximum atomic E-state index is 11.2. The van der Waals surface area contributed by atoms with E-state index in [4.69, 9.17) is 10.5 Å². The van der Waals surface area contributed by atoms with E-state index in [-0.39, 0.29) is 5.97 Å². The second-order valence-electron chi connectivity index (χ2n) is 3.61. The minimum atomic E-state index is -0.0673. The Morgan fingerprint density at radius 1 is 1.36 bits per heavy atom.